The summed E-state index contributed by atoms with van der Waals surface area (Å²) in [5, 5.41) is 2.95. The average molecular weight is 317 g/mol. The van der Waals surface area contributed by atoms with E-state index in [0.29, 0.717) is 19.5 Å². The molecule has 1 N–H and O–H groups in total. The van der Waals surface area contributed by atoms with Crippen LogP contribution in [0.2, 0.25) is 0 Å². The first kappa shape index (κ1) is 17.5. The SMILES string of the molecule is CCCCC(=O)N1CCN(CC(=O)NCc2ccccc2)CC1. The average Bonchev–Trinajstić information content (AvgIpc) is 2.59. The van der Waals surface area contributed by atoms with E-state index in [9.17, 15) is 9.59 Å². The Labute approximate surface area is 138 Å². The lowest BCUT2D eigenvalue weighted by Crippen LogP contribution is -2.51. The molecule has 1 heterocycles. The molecule has 0 aromatic heterocycles. The van der Waals surface area contributed by atoms with Gasteiger partial charge in [0.15, 0.2) is 0 Å². The number of nitrogens with zero attached hydrogens (tertiary/aromatic N) is 2. The van der Waals surface area contributed by atoms with E-state index in [2.05, 4.69) is 17.1 Å². The van der Waals surface area contributed by atoms with Crippen LogP contribution in [0.1, 0.15) is 31.7 Å². The third-order valence-electron chi connectivity index (χ3n) is 4.17. The largest absolute Gasteiger partial charge is 0.351 e. The zero-order valence-corrected chi connectivity index (χ0v) is 14.0. The highest BCUT2D eigenvalue weighted by molar-refractivity contribution is 5.78. The van der Waals surface area contributed by atoms with Crippen LogP contribution in [0.4, 0.5) is 0 Å². The molecule has 1 aromatic rings. The summed E-state index contributed by atoms with van der Waals surface area (Å²) in [7, 11) is 0. The van der Waals surface area contributed by atoms with Crippen LogP contribution in [0.15, 0.2) is 30.3 Å². The van der Waals surface area contributed by atoms with E-state index in [1.54, 1.807) is 0 Å². The van der Waals surface area contributed by atoms with Gasteiger partial charge >= 0.3 is 0 Å². The maximum atomic E-state index is 12.0. The molecule has 0 atom stereocenters. The van der Waals surface area contributed by atoms with E-state index in [1.165, 1.54) is 0 Å². The minimum Gasteiger partial charge on any atom is -0.351 e. The molecule has 0 spiro atoms. The van der Waals surface area contributed by atoms with Crippen molar-refractivity contribution in [1.29, 1.82) is 0 Å². The molecular formula is C18H27N3O2. The van der Waals surface area contributed by atoms with E-state index in [0.717, 1.165) is 44.6 Å². The van der Waals surface area contributed by atoms with Crippen LogP contribution in [0, 0.1) is 0 Å². The lowest BCUT2D eigenvalue weighted by atomic mass is 10.2. The molecule has 1 aliphatic rings. The third kappa shape index (κ3) is 6.02. The van der Waals surface area contributed by atoms with Crippen molar-refractivity contribution in [1.82, 2.24) is 15.1 Å². The molecule has 5 heteroatoms. The second-order valence-electron chi connectivity index (χ2n) is 6.02. The normalized spacial score (nSPS) is 15.4. The predicted molar refractivity (Wildman–Crippen MR) is 90.8 cm³/mol. The highest BCUT2D eigenvalue weighted by Crippen LogP contribution is 2.06. The molecule has 1 aliphatic heterocycles. The number of amides is 2. The molecule has 1 saturated heterocycles. The van der Waals surface area contributed by atoms with Gasteiger partial charge in [-0.3, -0.25) is 14.5 Å². The van der Waals surface area contributed by atoms with Crippen molar-refractivity contribution in [2.24, 2.45) is 0 Å². The maximum absolute atomic E-state index is 12.0. The van der Waals surface area contributed by atoms with Gasteiger partial charge < -0.3 is 10.2 Å². The van der Waals surface area contributed by atoms with Crippen LogP contribution in [-0.2, 0) is 16.1 Å². The molecule has 23 heavy (non-hydrogen) atoms. The van der Waals surface area contributed by atoms with Gasteiger partial charge in [-0.15, -0.1) is 0 Å². The van der Waals surface area contributed by atoms with Gasteiger partial charge in [-0.1, -0.05) is 43.7 Å². The Morgan fingerprint density at radius 3 is 2.43 bits per heavy atom. The molecule has 0 aliphatic carbocycles. The van der Waals surface area contributed by atoms with Crippen molar-refractivity contribution in [3.8, 4) is 0 Å². The predicted octanol–water partition coefficient (Wildman–Crippen LogP) is 1.64. The van der Waals surface area contributed by atoms with Crippen molar-refractivity contribution in [3.05, 3.63) is 35.9 Å². The van der Waals surface area contributed by atoms with Gasteiger partial charge in [0.2, 0.25) is 11.8 Å². The second-order valence-corrected chi connectivity index (χ2v) is 6.02. The fraction of sp³-hybridized carbons (Fsp3) is 0.556. The zero-order chi connectivity index (χ0) is 16.5. The highest BCUT2D eigenvalue weighted by atomic mass is 16.2. The molecule has 2 amide bonds. The Bertz CT molecular complexity index is 496. The number of carbonyl (C=O) groups is 2. The van der Waals surface area contributed by atoms with Crippen molar-refractivity contribution in [3.63, 3.8) is 0 Å². The summed E-state index contributed by atoms with van der Waals surface area (Å²) in [4.78, 5) is 28.0. The molecule has 0 unspecified atom stereocenters. The Kier molecular flexibility index (Phi) is 7.07. The van der Waals surface area contributed by atoms with Crippen molar-refractivity contribution in [2.45, 2.75) is 32.7 Å². The Hall–Kier alpha value is -1.88. The van der Waals surface area contributed by atoms with Gasteiger partial charge in [0, 0.05) is 39.1 Å². The van der Waals surface area contributed by atoms with E-state index in [-0.39, 0.29) is 11.8 Å². The second kappa shape index (κ2) is 9.30. The lowest BCUT2D eigenvalue weighted by molar-refractivity contribution is -0.133. The van der Waals surface area contributed by atoms with Gasteiger partial charge in [-0.05, 0) is 12.0 Å². The monoisotopic (exact) mass is 317 g/mol. The Morgan fingerprint density at radius 1 is 1.09 bits per heavy atom. The summed E-state index contributed by atoms with van der Waals surface area (Å²) in [5.74, 6) is 0.291. The first-order valence-corrected chi connectivity index (χ1v) is 8.49. The van der Waals surface area contributed by atoms with Gasteiger partial charge in [-0.2, -0.15) is 0 Å². The number of carbonyl (C=O) groups excluding carboxylic acids is 2. The number of rotatable bonds is 7. The first-order valence-electron chi connectivity index (χ1n) is 8.49. The van der Waals surface area contributed by atoms with Crippen molar-refractivity contribution in [2.75, 3.05) is 32.7 Å². The van der Waals surface area contributed by atoms with Crippen molar-refractivity contribution >= 4 is 11.8 Å². The minimum atomic E-state index is 0.0413. The van der Waals surface area contributed by atoms with E-state index in [4.69, 9.17) is 0 Å². The standard InChI is InChI=1S/C18H27N3O2/c1-2-3-9-18(23)21-12-10-20(11-13-21)15-17(22)19-14-16-7-5-4-6-8-16/h4-8H,2-3,9-15H2,1H3,(H,19,22). The number of hydrogen-bond acceptors (Lipinski definition) is 3. The summed E-state index contributed by atoms with van der Waals surface area (Å²) in [5.41, 5.74) is 1.10. The van der Waals surface area contributed by atoms with Crippen LogP contribution >= 0.6 is 0 Å². The molecule has 5 nitrogen and oxygen atoms in total. The molecular weight excluding hydrogens is 290 g/mol. The van der Waals surface area contributed by atoms with E-state index >= 15 is 0 Å². The lowest BCUT2D eigenvalue weighted by Gasteiger charge is -2.34. The summed E-state index contributed by atoms with van der Waals surface area (Å²) < 4.78 is 0. The van der Waals surface area contributed by atoms with Gasteiger partial charge in [-0.25, -0.2) is 0 Å². The quantitative estimate of drug-likeness (QED) is 0.832. The fourth-order valence-corrected chi connectivity index (χ4v) is 2.70. The Morgan fingerprint density at radius 2 is 1.78 bits per heavy atom. The molecule has 2 rings (SSSR count). The van der Waals surface area contributed by atoms with Crippen LogP contribution in [0.25, 0.3) is 0 Å². The highest BCUT2D eigenvalue weighted by Gasteiger charge is 2.21. The molecule has 1 fully saturated rings. The molecule has 1 aromatic carbocycles. The molecule has 126 valence electrons. The van der Waals surface area contributed by atoms with Crippen LogP contribution in [-0.4, -0.2) is 54.3 Å². The summed E-state index contributed by atoms with van der Waals surface area (Å²) in [6.07, 6.45) is 2.66. The first-order chi connectivity index (χ1) is 11.2. The van der Waals surface area contributed by atoms with Gasteiger partial charge in [0.05, 0.1) is 6.54 Å². The minimum absolute atomic E-state index is 0.0413. The topological polar surface area (TPSA) is 52.7 Å². The van der Waals surface area contributed by atoms with Crippen molar-refractivity contribution < 1.29 is 9.59 Å². The smallest absolute Gasteiger partial charge is 0.234 e. The summed E-state index contributed by atoms with van der Waals surface area (Å²) >= 11 is 0. The maximum Gasteiger partial charge on any atom is 0.234 e. The van der Waals surface area contributed by atoms with Gasteiger partial charge in [0.1, 0.15) is 0 Å². The number of piperazine rings is 1. The van der Waals surface area contributed by atoms with Crippen LogP contribution in [0.3, 0.4) is 0 Å². The molecule has 0 radical (unpaired) electrons. The number of benzene rings is 1. The summed E-state index contributed by atoms with van der Waals surface area (Å²) in [6.45, 7) is 6.08. The number of unbranched alkanes of at least 4 members (excludes halogenated alkanes) is 1. The van der Waals surface area contributed by atoms with Gasteiger partial charge in [0.25, 0.3) is 0 Å². The third-order valence-corrected chi connectivity index (χ3v) is 4.17. The fourth-order valence-electron chi connectivity index (χ4n) is 2.70. The zero-order valence-electron chi connectivity index (χ0n) is 14.0. The van der Waals surface area contributed by atoms with Crippen LogP contribution < -0.4 is 5.32 Å². The number of nitrogens with one attached hydrogen (secondary N) is 1. The Balaban J connectivity index is 1.65. The van der Waals surface area contributed by atoms with E-state index < -0.39 is 0 Å². The summed E-state index contributed by atoms with van der Waals surface area (Å²) in [6, 6.07) is 9.90. The van der Waals surface area contributed by atoms with Crippen LogP contribution in [0.5, 0.6) is 0 Å². The van der Waals surface area contributed by atoms with E-state index in [1.807, 2.05) is 35.2 Å². The molecule has 0 bridgehead atoms. The number of hydrogen-bond donors (Lipinski definition) is 1. The molecule has 0 saturated carbocycles.